The fourth-order valence-electron chi connectivity index (χ4n) is 2.95. The van der Waals surface area contributed by atoms with Crippen LogP contribution in [0.1, 0.15) is 42.9 Å². The maximum Gasteiger partial charge on any atom is 0.416 e. The van der Waals surface area contributed by atoms with Gasteiger partial charge in [0.25, 0.3) is 0 Å². The van der Waals surface area contributed by atoms with E-state index in [-0.39, 0.29) is 37.2 Å². The molecule has 0 saturated heterocycles. The Morgan fingerprint density at radius 1 is 1.29 bits per heavy atom. The minimum Gasteiger partial charge on any atom is -0.313 e. The number of hydrogen-bond donors (Lipinski definition) is 1. The van der Waals surface area contributed by atoms with Crippen molar-refractivity contribution >= 4 is 0 Å². The first kappa shape index (κ1) is 16.1. The second-order valence-corrected chi connectivity index (χ2v) is 5.42. The number of rotatable bonds is 3. The van der Waals surface area contributed by atoms with E-state index >= 15 is 0 Å². The van der Waals surface area contributed by atoms with Crippen LogP contribution in [0.15, 0.2) is 18.5 Å². The third-order valence-electron chi connectivity index (χ3n) is 4.04. The van der Waals surface area contributed by atoms with E-state index in [2.05, 4.69) is 10.3 Å². The lowest BCUT2D eigenvalue weighted by atomic mass is 9.79. The van der Waals surface area contributed by atoms with Gasteiger partial charge in [0.2, 0.25) is 5.92 Å². The van der Waals surface area contributed by atoms with Gasteiger partial charge in [-0.15, -0.1) is 0 Å². The summed E-state index contributed by atoms with van der Waals surface area (Å²) in [5, 5.41) is 2.84. The van der Waals surface area contributed by atoms with Crippen LogP contribution in [0.5, 0.6) is 0 Å². The zero-order chi connectivity index (χ0) is 15.7. The van der Waals surface area contributed by atoms with Crippen LogP contribution in [-0.2, 0) is 6.18 Å². The topological polar surface area (TPSA) is 24.9 Å². The van der Waals surface area contributed by atoms with E-state index in [4.69, 9.17) is 0 Å². The molecule has 1 atom stereocenters. The average Bonchev–Trinajstić information content (AvgIpc) is 2.41. The number of hydrogen-bond acceptors (Lipinski definition) is 2. The van der Waals surface area contributed by atoms with E-state index in [9.17, 15) is 22.0 Å². The van der Waals surface area contributed by atoms with Gasteiger partial charge < -0.3 is 5.32 Å². The quantitative estimate of drug-likeness (QED) is 0.847. The second kappa shape index (κ2) is 5.87. The summed E-state index contributed by atoms with van der Waals surface area (Å²) >= 11 is 0. The van der Waals surface area contributed by atoms with Crippen molar-refractivity contribution in [2.45, 2.75) is 43.8 Å². The van der Waals surface area contributed by atoms with Crippen molar-refractivity contribution in [3.8, 4) is 0 Å². The van der Waals surface area contributed by atoms with Crippen molar-refractivity contribution in [3.63, 3.8) is 0 Å². The first-order chi connectivity index (χ1) is 9.74. The van der Waals surface area contributed by atoms with Gasteiger partial charge in [0.15, 0.2) is 0 Å². The Morgan fingerprint density at radius 2 is 1.90 bits per heavy atom. The zero-order valence-corrected chi connectivity index (χ0v) is 11.6. The van der Waals surface area contributed by atoms with Crippen LogP contribution < -0.4 is 5.32 Å². The molecular formula is C14H17F5N2. The summed E-state index contributed by atoms with van der Waals surface area (Å²) in [6.45, 7) is 0. The van der Waals surface area contributed by atoms with Gasteiger partial charge in [-0.3, -0.25) is 4.98 Å². The van der Waals surface area contributed by atoms with Crippen molar-refractivity contribution in [1.29, 1.82) is 0 Å². The van der Waals surface area contributed by atoms with Crippen molar-refractivity contribution < 1.29 is 22.0 Å². The Balaban J connectivity index is 2.27. The molecule has 0 spiro atoms. The highest BCUT2D eigenvalue weighted by Crippen LogP contribution is 2.43. The molecule has 0 radical (unpaired) electrons. The molecule has 0 amide bonds. The largest absolute Gasteiger partial charge is 0.416 e. The van der Waals surface area contributed by atoms with Crippen LogP contribution in [0.25, 0.3) is 0 Å². The van der Waals surface area contributed by atoms with Gasteiger partial charge in [-0.1, -0.05) is 0 Å². The number of halogens is 5. The fourth-order valence-corrected chi connectivity index (χ4v) is 2.95. The maximum atomic E-state index is 13.2. The highest BCUT2D eigenvalue weighted by molar-refractivity contribution is 5.30. The molecule has 1 aliphatic rings. The van der Waals surface area contributed by atoms with E-state index in [0.717, 1.165) is 12.3 Å². The Kier molecular flexibility index (Phi) is 4.51. The molecule has 1 aromatic heterocycles. The molecule has 1 heterocycles. The molecule has 7 heteroatoms. The van der Waals surface area contributed by atoms with E-state index in [0.29, 0.717) is 0 Å². The number of nitrogens with zero attached hydrogens (tertiary/aromatic N) is 1. The predicted molar refractivity (Wildman–Crippen MR) is 67.9 cm³/mol. The van der Waals surface area contributed by atoms with E-state index < -0.39 is 23.7 Å². The third kappa shape index (κ3) is 3.70. The molecule has 0 aromatic carbocycles. The van der Waals surface area contributed by atoms with Gasteiger partial charge in [-0.05, 0) is 37.4 Å². The maximum absolute atomic E-state index is 13.2. The standard InChI is InChI=1S/C14H17F5N2/c1-20-12(9-2-5-13(15,16)6-3-9)10-8-21-7-4-11(10)14(17,18)19/h4,7-9,12,20H,2-3,5-6H2,1H3. The van der Waals surface area contributed by atoms with Gasteiger partial charge in [0.05, 0.1) is 5.56 Å². The molecule has 2 rings (SSSR count). The average molecular weight is 308 g/mol. The minimum absolute atomic E-state index is 0.0303. The summed E-state index contributed by atoms with van der Waals surface area (Å²) in [6, 6.07) is 0.309. The summed E-state index contributed by atoms with van der Waals surface area (Å²) < 4.78 is 65.6. The molecule has 0 aliphatic heterocycles. The van der Waals surface area contributed by atoms with Crippen molar-refractivity contribution in [2.24, 2.45) is 5.92 Å². The Bertz CT molecular complexity index is 476. The number of pyridine rings is 1. The van der Waals surface area contributed by atoms with Gasteiger partial charge >= 0.3 is 6.18 Å². The van der Waals surface area contributed by atoms with Gasteiger partial charge in [0, 0.05) is 31.3 Å². The lowest BCUT2D eigenvalue weighted by molar-refractivity contribution is -0.138. The highest BCUT2D eigenvalue weighted by Gasteiger charge is 2.41. The Hall–Kier alpha value is -1.24. The molecular weight excluding hydrogens is 291 g/mol. The number of aromatic nitrogens is 1. The highest BCUT2D eigenvalue weighted by atomic mass is 19.4. The molecule has 1 aromatic rings. The Morgan fingerprint density at radius 3 is 2.43 bits per heavy atom. The SMILES string of the molecule is CNC(c1cnccc1C(F)(F)F)C1CCC(F)(F)CC1. The Labute approximate surface area is 119 Å². The van der Waals surface area contributed by atoms with Crippen molar-refractivity contribution in [1.82, 2.24) is 10.3 Å². The smallest absolute Gasteiger partial charge is 0.313 e. The monoisotopic (exact) mass is 308 g/mol. The molecule has 1 aliphatic carbocycles. The van der Waals surface area contributed by atoms with E-state index in [1.165, 1.54) is 6.20 Å². The van der Waals surface area contributed by atoms with Gasteiger partial charge in [-0.25, -0.2) is 8.78 Å². The normalized spacial score (nSPS) is 21.2. The van der Waals surface area contributed by atoms with Crippen LogP contribution in [0, 0.1) is 5.92 Å². The number of nitrogens with one attached hydrogen (secondary N) is 1. The minimum atomic E-state index is -4.48. The van der Waals surface area contributed by atoms with Crippen molar-refractivity contribution in [3.05, 3.63) is 29.6 Å². The third-order valence-corrected chi connectivity index (χ3v) is 4.04. The lowest BCUT2D eigenvalue weighted by Gasteiger charge is -2.34. The van der Waals surface area contributed by atoms with Crippen LogP contribution in [0.3, 0.4) is 0 Å². The van der Waals surface area contributed by atoms with Crippen LogP contribution in [0.4, 0.5) is 22.0 Å². The predicted octanol–water partition coefficient (Wildman–Crippen LogP) is 4.19. The number of alkyl halides is 5. The second-order valence-electron chi connectivity index (χ2n) is 5.42. The van der Waals surface area contributed by atoms with Gasteiger partial charge in [-0.2, -0.15) is 13.2 Å². The van der Waals surface area contributed by atoms with Crippen LogP contribution in [0.2, 0.25) is 0 Å². The lowest BCUT2D eigenvalue weighted by Crippen LogP contribution is -2.33. The molecule has 1 saturated carbocycles. The van der Waals surface area contributed by atoms with E-state index in [1.807, 2.05) is 0 Å². The zero-order valence-electron chi connectivity index (χ0n) is 11.6. The summed E-state index contributed by atoms with van der Waals surface area (Å²) in [5.74, 6) is -2.95. The summed E-state index contributed by atoms with van der Waals surface area (Å²) in [5.41, 5.74) is -0.725. The van der Waals surface area contributed by atoms with Crippen LogP contribution in [-0.4, -0.2) is 18.0 Å². The summed E-state index contributed by atoms with van der Waals surface area (Å²) in [4.78, 5) is 3.76. The molecule has 21 heavy (non-hydrogen) atoms. The van der Waals surface area contributed by atoms with Crippen LogP contribution >= 0.6 is 0 Å². The molecule has 0 bridgehead atoms. The molecule has 118 valence electrons. The summed E-state index contributed by atoms with van der Waals surface area (Å²) in [7, 11) is 1.55. The molecule has 2 nitrogen and oxygen atoms in total. The van der Waals surface area contributed by atoms with Gasteiger partial charge in [0.1, 0.15) is 0 Å². The fraction of sp³-hybridized carbons (Fsp3) is 0.643. The van der Waals surface area contributed by atoms with Crippen molar-refractivity contribution in [2.75, 3.05) is 7.05 Å². The van der Waals surface area contributed by atoms with E-state index in [1.54, 1.807) is 7.05 Å². The first-order valence-electron chi connectivity index (χ1n) is 6.81. The molecule has 1 unspecified atom stereocenters. The summed E-state index contributed by atoms with van der Waals surface area (Å²) in [6.07, 6.45) is -2.37. The molecule has 1 N–H and O–H groups in total. The molecule has 1 fully saturated rings. The first-order valence-corrected chi connectivity index (χ1v) is 6.81.